The van der Waals surface area contributed by atoms with Crippen LogP contribution in [0.3, 0.4) is 0 Å². The van der Waals surface area contributed by atoms with Crippen molar-refractivity contribution in [3.05, 3.63) is 57.9 Å². The molecule has 2 amide bonds. The van der Waals surface area contributed by atoms with E-state index < -0.39 is 0 Å². The van der Waals surface area contributed by atoms with Crippen LogP contribution in [0.4, 0.5) is 0 Å². The molecule has 0 spiro atoms. The molecule has 0 atom stereocenters. The highest BCUT2D eigenvalue weighted by atomic mass is 35.5. The molecule has 0 unspecified atom stereocenters. The van der Waals surface area contributed by atoms with Gasteiger partial charge in [-0.3, -0.25) is 9.59 Å². The summed E-state index contributed by atoms with van der Waals surface area (Å²) in [4.78, 5) is 31.9. The summed E-state index contributed by atoms with van der Waals surface area (Å²) < 4.78 is 0. The first-order valence-corrected chi connectivity index (χ1v) is 8.79. The Labute approximate surface area is 152 Å². The van der Waals surface area contributed by atoms with E-state index in [1.807, 2.05) is 41.8 Å². The van der Waals surface area contributed by atoms with Crippen molar-refractivity contribution in [2.24, 2.45) is 0 Å². The topological polar surface area (TPSA) is 56.4 Å². The number of hydrogen-bond donors (Lipinski definition) is 1. The molecule has 0 aliphatic carbocycles. The number of rotatable bonds is 3. The number of piperazine rings is 1. The fourth-order valence-corrected chi connectivity index (χ4v) is 3.29. The number of carbonyl (C=O) groups is 2. The van der Waals surface area contributed by atoms with Gasteiger partial charge >= 0.3 is 0 Å². The zero-order chi connectivity index (χ0) is 18.0. The summed E-state index contributed by atoms with van der Waals surface area (Å²) in [6.45, 7) is 6.12. The molecular formula is C19H22ClN3O2. The standard InChI is InChI=1S/C19H22ClN3O2/c1-13-11-17(14(2)21-13)19(25)23-9-7-22(8-10-23)18(24)12-15-3-5-16(20)6-4-15/h3-6,11,21H,7-10,12H2,1-2H3. The first-order valence-electron chi connectivity index (χ1n) is 8.42. The number of H-pyrrole nitrogens is 1. The highest BCUT2D eigenvalue weighted by molar-refractivity contribution is 6.30. The van der Waals surface area contributed by atoms with Crippen LogP contribution in [0.5, 0.6) is 0 Å². The minimum Gasteiger partial charge on any atom is -0.362 e. The predicted molar refractivity (Wildman–Crippen MR) is 97.9 cm³/mol. The van der Waals surface area contributed by atoms with Crippen LogP contribution in [-0.2, 0) is 11.2 Å². The molecular weight excluding hydrogens is 338 g/mol. The molecule has 3 rings (SSSR count). The Bertz CT molecular complexity index is 774. The van der Waals surface area contributed by atoms with Crippen molar-refractivity contribution < 1.29 is 9.59 Å². The van der Waals surface area contributed by atoms with Gasteiger partial charge in [-0.2, -0.15) is 0 Å². The van der Waals surface area contributed by atoms with Gasteiger partial charge in [-0.05, 0) is 37.6 Å². The number of carbonyl (C=O) groups excluding carboxylic acids is 2. The quantitative estimate of drug-likeness (QED) is 0.916. The number of aryl methyl sites for hydroxylation is 2. The van der Waals surface area contributed by atoms with E-state index in [2.05, 4.69) is 4.98 Å². The Morgan fingerprint density at radius 1 is 1.04 bits per heavy atom. The second-order valence-corrected chi connectivity index (χ2v) is 6.90. The third-order valence-electron chi connectivity index (χ3n) is 4.57. The molecule has 2 heterocycles. The monoisotopic (exact) mass is 359 g/mol. The molecule has 0 saturated carbocycles. The van der Waals surface area contributed by atoms with Crippen molar-refractivity contribution >= 4 is 23.4 Å². The average Bonchev–Trinajstić information content (AvgIpc) is 2.94. The molecule has 0 bridgehead atoms. The molecule has 1 saturated heterocycles. The Morgan fingerprint density at radius 3 is 2.20 bits per heavy atom. The van der Waals surface area contributed by atoms with Crippen molar-refractivity contribution in [2.45, 2.75) is 20.3 Å². The molecule has 1 aliphatic heterocycles. The van der Waals surface area contributed by atoms with E-state index in [1.165, 1.54) is 0 Å². The van der Waals surface area contributed by atoms with Gasteiger partial charge in [0.05, 0.1) is 12.0 Å². The van der Waals surface area contributed by atoms with Crippen molar-refractivity contribution in [1.29, 1.82) is 0 Å². The number of hydrogen-bond acceptors (Lipinski definition) is 2. The number of aromatic nitrogens is 1. The van der Waals surface area contributed by atoms with Gasteiger partial charge in [-0.15, -0.1) is 0 Å². The summed E-state index contributed by atoms with van der Waals surface area (Å²) >= 11 is 5.87. The highest BCUT2D eigenvalue weighted by Crippen LogP contribution is 2.15. The molecule has 1 N–H and O–H groups in total. The molecule has 0 radical (unpaired) electrons. The Morgan fingerprint density at radius 2 is 1.64 bits per heavy atom. The van der Waals surface area contributed by atoms with E-state index in [-0.39, 0.29) is 11.8 Å². The predicted octanol–water partition coefficient (Wildman–Crippen LogP) is 2.81. The summed E-state index contributed by atoms with van der Waals surface area (Å²) in [7, 11) is 0. The smallest absolute Gasteiger partial charge is 0.255 e. The van der Waals surface area contributed by atoms with Gasteiger partial charge < -0.3 is 14.8 Å². The lowest BCUT2D eigenvalue weighted by Gasteiger charge is -2.35. The fourth-order valence-electron chi connectivity index (χ4n) is 3.16. The fraction of sp³-hybridized carbons (Fsp3) is 0.368. The van der Waals surface area contributed by atoms with Gasteiger partial charge in [0, 0.05) is 42.6 Å². The van der Waals surface area contributed by atoms with Gasteiger partial charge in [0.2, 0.25) is 5.91 Å². The minimum atomic E-state index is 0.0339. The number of nitrogens with zero attached hydrogens (tertiary/aromatic N) is 2. The summed E-state index contributed by atoms with van der Waals surface area (Å²) in [5.41, 5.74) is 3.55. The summed E-state index contributed by atoms with van der Waals surface area (Å²) in [6.07, 6.45) is 0.362. The van der Waals surface area contributed by atoms with Crippen LogP contribution in [-0.4, -0.2) is 52.8 Å². The van der Waals surface area contributed by atoms with E-state index in [1.54, 1.807) is 12.1 Å². The maximum absolute atomic E-state index is 12.6. The summed E-state index contributed by atoms with van der Waals surface area (Å²) in [6, 6.07) is 9.22. The van der Waals surface area contributed by atoms with Crippen molar-refractivity contribution in [3.63, 3.8) is 0 Å². The van der Waals surface area contributed by atoms with Crippen molar-refractivity contribution in [3.8, 4) is 0 Å². The van der Waals surface area contributed by atoms with Gasteiger partial charge in [-0.1, -0.05) is 23.7 Å². The van der Waals surface area contributed by atoms with Gasteiger partial charge in [0.15, 0.2) is 0 Å². The maximum atomic E-state index is 12.6. The molecule has 6 heteroatoms. The number of halogens is 1. The van der Waals surface area contributed by atoms with Crippen LogP contribution in [0.15, 0.2) is 30.3 Å². The summed E-state index contributed by atoms with van der Waals surface area (Å²) in [5.74, 6) is 0.120. The first kappa shape index (κ1) is 17.5. The van der Waals surface area contributed by atoms with Crippen LogP contribution in [0.2, 0.25) is 5.02 Å². The van der Waals surface area contributed by atoms with E-state index in [4.69, 9.17) is 11.6 Å². The van der Waals surface area contributed by atoms with Crippen LogP contribution in [0, 0.1) is 13.8 Å². The Balaban J connectivity index is 1.56. The molecule has 2 aromatic rings. The molecule has 132 valence electrons. The zero-order valence-corrected chi connectivity index (χ0v) is 15.3. The lowest BCUT2D eigenvalue weighted by molar-refractivity contribution is -0.131. The number of amides is 2. The molecule has 1 fully saturated rings. The molecule has 1 aromatic heterocycles. The number of aromatic amines is 1. The van der Waals surface area contributed by atoms with Gasteiger partial charge in [0.25, 0.3) is 5.91 Å². The second kappa shape index (κ2) is 7.31. The van der Waals surface area contributed by atoms with Gasteiger partial charge in [0.1, 0.15) is 0 Å². The second-order valence-electron chi connectivity index (χ2n) is 6.47. The largest absolute Gasteiger partial charge is 0.362 e. The average molecular weight is 360 g/mol. The molecule has 5 nitrogen and oxygen atoms in total. The van der Waals surface area contributed by atoms with Crippen LogP contribution in [0.1, 0.15) is 27.3 Å². The number of benzene rings is 1. The van der Waals surface area contributed by atoms with E-state index in [0.717, 1.165) is 22.5 Å². The Hall–Kier alpha value is -2.27. The van der Waals surface area contributed by atoms with E-state index >= 15 is 0 Å². The maximum Gasteiger partial charge on any atom is 0.255 e. The van der Waals surface area contributed by atoms with Crippen molar-refractivity contribution in [1.82, 2.24) is 14.8 Å². The minimum absolute atomic E-state index is 0.0339. The van der Waals surface area contributed by atoms with E-state index in [9.17, 15) is 9.59 Å². The molecule has 1 aliphatic rings. The van der Waals surface area contributed by atoms with E-state index in [0.29, 0.717) is 37.6 Å². The molecule has 25 heavy (non-hydrogen) atoms. The lowest BCUT2D eigenvalue weighted by atomic mass is 10.1. The third kappa shape index (κ3) is 4.04. The van der Waals surface area contributed by atoms with Crippen LogP contribution >= 0.6 is 11.6 Å². The van der Waals surface area contributed by atoms with Gasteiger partial charge in [-0.25, -0.2) is 0 Å². The van der Waals surface area contributed by atoms with Crippen LogP contribution in [0.25, 0.3) is 0 Å². The molecule has 1 aromatic carbocycles. The SMILES string of the molecule is Cc1cc(C(=O)N2CCN(C(=O)Cc3ccc(Cl)cc3)CC2)c(C)[nH]1. The number of nitrogens with one attached hydrogen (secondary N) is 1. The zero-order valence-electron chi connectivity index (χ0n) is 14.5. The van der Waals surface area contributed by atoms with Crippen molar-refractivity contribution in [2.75, 3.05) is 26.2 Å². The Kier molecular flexibility index (Phi) is 5.13. The summed E-state index contributed by atoms with van der Waals surface area (Å²) in [5, 5.41) is 0.665. The lowest BCUT2D eigenvalue weighted by Crippen LogP contribution is -2.51. The third-order valence-corrected chi connectivity index (χ3v) is 4.82. The first-order chi connectivity index (χ1) is 11.9. The highest BCUT2D eigenvalue weighted by Gasteiger charge is 2.26. The normalized spacial score (nSPS) is 14.7. The van der Waals surface area contributed by atoms with Crippen LogP contribution < -0.4 is 0 Å².